The van der Waals surface area contributed by atoms with Crippen molar-refractivity contribution in [2.45, 2.75) is 18.7 Å². The monoisotopic (exact) mass is 403 g/mol. The average molecular weight is 403 g/mol. The number of aliphatic carboxylic acids is 1. The number of hydrogen-bond acceptors (Lipinski definition) is 5. The maximum absolute atomic E-state index is 13.1. The molecule has 0 unspecified atom stereocenters. The number of carbonyl (C=O) groups excluding carboxylic acids is 1. The molecule has 1 N–H and O–H groups in total. The normalized spacial score (nSPS) is 11.7. The van der Waals surface area contributed by atoms with E-state index in [0.29, 0.717) is 9.87 Å². The Morgan fingerprint density at radius 2 is 1.68 bits per heavy atom. The van der Waals surface area contributed by atoms with Crippen LogP contribution in [-0.2, 0) is 24.3 Å². The van der Waals surface area contributed by atoms with Crippen molar-refractivity contribution in [3.63, 3.8) is 0 Å². The zero-order valence-corrected chi connectivity index (χ0v) is 16.3. The van der Waals surface area contributed by atoms with Gasteiger partial charge in [-0.05, 0) is 37.6 Å². The summed E-state index contributed by atoms with van der Waals surface area (Å²) in [4.78, 5) is 23.8. The maximum Gasteiger partial charge on any atom is 0.353 e. The van der Waals surface area contributed by atoms with Gasteiger partial charge in [-0.25, -0.2) is 17.5 Å². The maximum atomic E-state index is 13.1. The Morgan fingerprint density at radius 1 is 1.07 bits per heavy atom. The molecular formula is C20H21NO6S. The van der Waals surface area contributed by atoms with Crippen molar-refractivity contribution in [1.29, 1.82) is 0 Å². The fourth-order valence-electron chi connectivity index (χ4n) is 2.41. The third kappa shape index (κ3) is 5.20. The Hall–Kier alpha value is -3.13. The van der Waals surface area contributed by atoms with Gasteiger partial charge >= 0.3 is 11.9 Å². The number of ether oxygens (including phenoxy) is 1. The van der Waals surface area contributed by atoms with E-state index >= 15 is 0 Å². The number of sulfonamides is 1. The lowest BCUT2D eigenvalue weighted by molar-refractivity contribution is -0.143. The van der Waals surface area contributed by atoms with Crippen molar-refractivity contribution < 1.29 is 27.9 Å². The van der Waals surface area contributed by atoms with Crippen molar-refractivity contribution in [2.75, 3.05) is 13.2 Å². The van der Waals surface area contributed by atoms with Crippen LogP contribution in [0.1, 0.15) is 18.1 Å². The molecule has 0 amide bonds. The molecule has 2 aromatic carbocycles. The first kappa shape index (κ1) is 21.2. The lowest BCUT2D eigenvalue weighted by Crippen LogP contribution is -2.38. The summed E-state index contributed by atoms with van der Waals surface area (Å²) in [6, 6.07) is 14.3. The van der Waals surface area contributed by atoms with Crippen LogP contribution in [0, 0.1) is 6.92 Å². The van der Waals surface area contributed by atoms with Crippen LogP contribution in [-0.4, -0.2) is 42.9 Å². The molecule has 2 rings (SSSR count). The Kier molecular flexibility index (Phi) is 6.94. The van der Waals surface area contributed by atoms with Gasteiger partial charge in [0.2, 0.25) is 0 Å². The largest absolute Gasteiger partial charge is 0.477 e. The molecule has 0 aliphatic carbocycles. The molecule has 0 aromatic heterocycles. The highest BCUT2D eigenvalue weighted by Crippen LogP contribution is 2.23. The van der Waals surface area contributed by atoms with E-state index in [1.165, 1.54) is 18.2 Å². The summed E-state index contributed by atoms with van der Waals surface area (Å²) in [5.74, 6) is -2.33. The molecule has 0 aliphatic rings. The lowest BCUT2D eigenvalue weighted by Gasteiger charge is -2.24. The second kappa shape index (κ2) is 9.18. The van der Waals surface area contributed by atoms with Gasteiger partial charge in [0.15, 0.2) is 0 Å². The molecule has 0 heterocycles. The number of esters is 1. The van der Waals surface area contributed by atoms with Crippen LogP contribution in [0.2, 0.25) is 0 Å². The minimum Gasteiger partial charge on any atom is -0.477 e. The first-order valence-electron chi connectivity index (χ1n) is 8.50. The van der Waals surface area contributed by atoms with Gasteiger partial charge in [-0.3, -0.25) is 4.79 Å². The van der Waals surface area contributed by atoms with Crippen LogP contribution in [0.4, 0.5) is 0 Å². The number of carbonyl (C=O) groups is 2. The highest BCUT2D eigenvalue weighted by Gasteiger charge is 2.32. The number of aryl methyl sites for hydroxylation is 1. The van der Waals surface area contributed by atoms with Crippen LogP contribution in [0.15, 0.2) is 65.2 Å². The van der Waals surface area contributed by atoms with Gasteiger partial charge in [-0.15, -0.1) is 0 Å². The van der Waals surface area contributed by atoms with Gasteiger partial charge in [-0.2, -0.15) is 0 Å². The van der Waals surface area contributed by atoms with Gasteiger partial charge < -0.3 is 9.84 Å². The highest BCUT2D eigenvalue weighted by molar-refractivity contribution is 7.89. The zero-order chi connectivity index (χ0) is 20.7. The van der Waals surface area contributed by atoms with Crippen LogP contribution >= 0.6 is 0 Å². The lowest BCUT2D eigenvalue weighted by atomic mass is 10.2. The molecule has 8 heteroatoms. The summed E-state index contributed by atoms with van der Waals surface area (Å²) in [6.45, 7) is 2.66. The minimum absolute atomic E-state index is 0.0437. The molecule has 0 spiro atoms. The topological polar surface area (TPSA) is 101 Å². The summed E-state index contributed by atoms with van der Waals surface area (Å²) >= 11 is 0. The van der Waals surface area contributed by atoms with Gasteiger partial charge in [0.25, 0.3) is 10.0 Å². The molecule has 0 saturated carbocycles. The van der Waals surface area contributed by atoms with Gasteiger partial charge in [0, 0.05) is 0 Å². The quantitative estimate of drug-likeness (QED) is 0.537. The molecule has 7 nitrogen and oxygen atoms in total. The number of rotatable bonds is 8. The molecule has 28 heavy (non-hydrogen) atoms. The second-order valence-corrected chi connectivity index (χ2v) is 7.74. The molecule has 0 atom stereocenters. The van der Waals surface area contributed by atoms with E-state index in [2.05, 4.69) is 0 Å². The van der Waals surface area contributed by atoms with Crippen molar-refractivity contribution in [2.24, 2.45) is 0 Å². The molecule has 0 aliphatic heterocycles. The first-order chi connectivity index (χ1) is 13.3. The van der Waals surface area contributed by atoms with E-state index in [9.17, 15) is 23.1 Å². The Bertz CT molecular complexity index is 966. The summed E-state index contributed by atoms with van der Waals surface area (Å²) in [5, 5.41) is 9.68. The van der Waals surface area contributed by atoms with Crippen LogP contribution in [0.5, 0.6) is 0 Å². The number of hydrogen-bond donors (Lipinski definition) is 1. The van der Waals surface area contributed by atoms with Crippen molar-refractivity contribution in [1.82, 2.24) is 4.31 Å². The van der Waals surface area contributed by atoms with E-state index in [4.69, 9.17) is 4.74 Å². The van der Waals surface area contributed by atoms with E-state index in [1.54, 1.807) is 56.3 Å². The second-order valence-electron chi connectivity index (χ2n) is 5.88. The zero-order valence-electron chi connectivity index (χ0n) is 15.5. The van der Waals surface area contributed by atoms with E-state index in [-0.39, 0.29) is 11.5 Å². The highest BCUT2D eigenvalue weighted by atomic mass is 32.2. The molecule has 0 saturated heterocycles. The number of carboxylic acids is 1. The standard InChI is InChI=1S/C20H21NO6S/c1-3-27-19(22)14-21(28(25,26)17-11-9-15(2)10-12-17)18(20(23)24)13-16-7-5-4-6-8-16/h4-13H,3,14H2,1-2H3,(H,23,24)/b18-13-. The van der Waals surface area contributed by atoms with E-state index in [0.717, 1.165) is 5.56 Å². The predicted molar refractivity (Wildman–Crippen MR) is 104 cm³/mol. The van der Waals surface area contributed by atoms with Crippen molar-refractivity contribution in [3.05, 3.63) is 71.4 Å². The molecule has 148 valence electrons. The molecule has 2 aromatic rings. The van der Waals surface area contributed by atoms with Gasteiger partial charge in [-0.1, -0.05) is 48.0 Å². The number of nitrogens with zero attached hydrogens (tertiary/aromatic N) is 1. The van der Waals surface area contributed by atoms with Gasteiger partial charge in [0.1, 0.15) is 12.2 Å². The SMILES string of the molecule is CCOC(=O)CN(/C(=C\c1ccccc1)C(=O)O)S(=O)(=O)c1ccc(C)cc1. The van der Waals surface area contributed by atoms with Crippen LogP contribution in [0.3, 0.4) is 0 Å². The third-order valence-corrected chi connectivity index (χ3v) is 5.55. The Balaban J connectivity index is 2.59. The summed E-state index contributed by atoms with van der Waals surface area (Å²) in [6.07, 6.45) is 1.20. The summed E-state index contributed by atoms with van der Waals surface area (Å²) in [7, 11) is -4.31. The number of benzene rings is 2. The van der Waals surface area contributed by atoms with Crippen molar-refractivity contribution in [3.8, 4) is 0 Å². The predicted octanol–water partition coefficient (Wildman–Crippen LogP) is 2.67. The fraction of sp³-hybridized carbons (Fsp3) is 0.200. The number of carboxylic acid groups (broad SMARTS) is 1. The van der Waals surface area contributed by atoms with Gasteiger partial charge in [0.05, 0.1) is 11.5 Å². The van der Waals surface area contributed by atoms with E-state index in [1.807, 2.05) is 0 Å². The van der Waals surface area contributed by atoms with E-state index < -0.39 is 34.2 Å². The summed E-state index contributed by atoms with van der Waals surface area (Å²) in [5.41, 5.74) is 0.766. The molecule has 0 bridgehead atoms. The van der Waals surface area contributed by atoms with Crippen LogP contribution < -0.4 is 0 Å². The smallest absolute Gasteiger partial charge is 0.353 e. The first-order valence-corrected chi connectivity index (χ1v) is 9.94. The molecular weight excluding hydrogens is 382 g/mol. The molecule has 0 fully saturated rings. The average Bonchev–Trinajstić information content (AvgIpc) is 2.65. The Morgan fingerprint density at radius 3 is 2.21 bits per heavy atom. The van der Waals surface area contributed by atoms with Crippen LogP contribution in [0.25, 0.3) is 6.08 Å². The summed E-state index contributed by atoms with van der Waals surface area (Å²) < 4.78 is 31.7. The van der Waals surface area contributed by atoms with Crippen molar-refractivity contribution >= 4 is 28.0 Å². The third-order valence-electron chi connectivity index (χ3n) is 3.78. The fourth-order valence-corrected chi connectivity index (χ4v) is 3.81. The molecule has 0 radical (unpaired) electrons. The minimum atomic E-state index is -4.31. The Labute approximate surface area is 163 Å².